The van der Waals surface area contributed by atoms with Crippen molar-refractivity contribution >= 4 is 38.6 Å². The molecule has 0 saturated heterocycles. The quantitative estimate of drug-likeness (QED) is 0.787. The zero-order chi connectivity index (χ0) is 19.8. The zero-order valence-electron chi connectivity index (χ0n) is 16.1. The summed E-state index contributed by atoms with van der Waals surface area (Å²) < 4.78 is 26.3. The van der Waals surface area contributed by atoms with Crippen LogP contribution in [0.4, 0.5) is 11.4 Å². The number of thiophene rings is 1. The fraction of sp³-hybridized carbons (Fsp3) is 0.476. The Morgan fingerprint density at radius 1 is 1.21 bits per heavy atom. The molecule has 1 N–H and O–H groups in total. The van der Waals surface area contributed by atoms with E-state index in [-0.39, 0.29) is 11.7 Å². The van der Waals surface area contributed by atoms with E-state index in [0.717, 1.165) is 60.3 Å². The monoisotopic (exact) mass is 418 g/mol. The lowest BCUT2D eigenvalue weighted by atomic mass is 9.83. The summed E-state index contributed by atoms with van der Waals surface area (Å²) in [6, 6.07) is 9.69. The molecule has 0 atom stereocenters. The Kier molecular flexibility index (Phi) is 5.22. The van der Waals surface area contributed by atoms with E-state index in [2.05, 4.69) is 11.4 Å². The molecule has 5 nitrogen and oxygen atoms in total. The number of sulfonamides is 1. The normalized spacial score (nSPS) is 18.7. The van der Waals surface area contributed by atoms with E-state index >= 15 is 0 Å². The Labute approximate surface area is 170 Å². The second-order valence-electron chi connectivity index (χ2n) is 7.64. The first-order valence-electron chi connectivity index (χ1n) is 9.95. The molecule has 1 fully saturated rings. The van der Waals surface area contributed by atoms with E-state index in [1.165, 1.54) is 4.31 Å². The van der Waals surface area contributed by atoms with Crippen LogP contribution in [-0.2, 0) is 26.7 Å². The molecule has 2 heterocycles. The van der Waals surface area contributed by atoms with Gasteiger partial charge in [0.15, 0.2) is 0 Å². The highest BCUT2D eigenvalue weighted by Crippen LogP contribution is 2.44. The van der Waals surface area contributed by atoms with Gasteiger partial charge in [0.25, 0.3) is 0 Å². The maximum absolute atomic E-state index is 13.3. The molecule has 0 radical (unpaired) electrons. The molecule has 150 valence electrons. The molecule has 1 amide bonds. The molecule has 1 aromatic heterocycles. The third kappa shape index (κ3) is 3.35. The van der Waals surface area contributed by atoms with Crippen molar-refractivity contribution in [1.29, 1.82) is 0 Å². The summed E-state index contributed by atoms with van der Waals surface area (Å²) >= 11 is 1.65. The van der Waals surface area contributed by atoms with Gasteiger partial charge in [-0.1, -0.05) is 18.9 Å². The summed E-state index contributed by atoms with van der Waals surface area (Å²) in [6.07, 6.45) is 5.52. The molecule has 2 aliphatic rings. The van der Waals surface area contributed by atoms with Gasteiger partial charge in [0.2, 0.25) is 15.9 Å². The third-order valence-corrected chi connectivity index (χ3v) is 8.85. The van der Waals surface area contributed by atoms with E-state index in [1.807, 2.05) is 29.6 Å². The Bertz CT molecular complexity index is 962. The van der Waals surface area contributed by atoms with Crippen LogP contribution in [-0.4, -0.2) is 26.6 Å². The van der Waals surface area contributed by atoms with E-state index in [4.69, 9.17) is 0 Å². The third-order valence-electron chi connectivity index (χ3n) is 6.00. The highest BCUT2D eigenvalue weighted by Gasteiger charge is 2.43. The van der Waals surface area contributed by atoms with Crippen LogP contribution in [0.15, 0.2) is 35.7 Å². The number of amides is 1. The van der Waals surface area contributed by atoms with Crippen LogP contribution in [0.25, 0.3) is 0 Å². The molecule has 1 aromatic carbocycles. The molecule has 0 bridgehead atoms. The van der Waals surface area contributed by atoms with Crippen LogP contribution in [0.5, 0.6) is 0 Å². The summed E-state index contributed by atoms with van der Waals surface area (Å²) in [7, 11) is -3.28. The van der Waals surface area contributed by atoms with E-state index < -0.39 is 15.4 Å². The number of anilines is 2. The van der Waals surface area contributed by atoms with Crippen LogP contribution >= 0.6 is 11.3 Å². The standard InChI is InChI=1S/C21H26N2O3S2/c1-2-28(25,26)23-13-5-7-16-15-17(9-10-18(16)23)22-20(24)21(11-3-4-12-21)19-8-6-14-27-19/h6,8-10,14-15H,2-5,7,11-13H2,1H3,(H,22,24). The van der Waals surface area contributed by atoms with Crippen LogP contribution in [0, 0.1) is 0 Å². The topological polar surface area (TPSA) is 66.5 Å². The predicted octanol–water partition coefficient (Wildman–Crippen LogP) is 4.30. The largest absolute Gasteiger partial charge is 0.325 e. The van der Waals surface area contributed by atoms with Gasteiger partial charge in [-0.05, 0) is 67.8 Å². The second-order valence-corrected chi connectivity index (χ2v) is 10.8. The minimum absolute atomic E-state index is 0.0567. The van der Waals surface area contributed by atoms with Crippen LogP contribution in [0.2, 0.25) is 0 Å². The Hall–Kier alpha value is -1.86. The van der Waals surface area contributed by atoms with Crippen LogP contribution in [0.3, 0.4) is 0 Å². The van der Waals surface area contributed by atoms with E-state index in [9.17, 15) is 13.2 Å². The lowest BCUT2D eigenvalue weighted by Gasteiger charge is -2.31. The van der Waals surface area contributed by atoms with Crippen molar-refractivity contribution < 1.29 is 13.2 Å². The van der Waals surface area contributed by atoms with Crippen molar-refractivity contribution in [3.8, 4) is 0 Å². The van der Waals surface area contributed by atoms with Crippen molar-refractivity contribution in [3.63, 3.8) is 0 Å². The Morgan fingerprint density at radius 3 is 2.68 bits per heavy atom. The summed E-state index contributed by atoms with van der Waals surface area (Å²) in [5.74, 6) is 0.148. The number of carbonyl (C=O) groups is 1. The molecule has 4 rings (SSSR count). The number of fused-ring (bicyclic) bond motifs is 1. The maximum Gasteiger partial charge on any atom is 0.235 e. The molecule has 2 aromatic rings. The van der Waals surface area contributed by atoms with Gasteiger partial charge in [-0.3, -0.25) is 9.10 Å². The number of benzene rings is 1. The number of carbonyl (C=O) groups excluding carboxylic acids is 1. The van der Waals surface area contributed by atoms with Gasteiger partial charge in [-0.25, -0.2) is 8.42 Å². The molecule has 1 aliphatic heterocycles. The van der Waals surface area contributed by atoms with E-state index in [0.29, 0.717) is 6.54 Å². The number of rotatable bonds is 5. The zero-order valence-corrected chi connectivity index (χ0v) is 17.7. The Morgan fingerprint density at radius 2 is 2.00 bits per heavy atom. The summed E-state index contributed by atoms with van der Waals surface area (Å²) in [5.41, 5.74) is 2.06. The van der Waals surface area contributed by atoms with Crippen molar-refractivity contribution in [2.75, 3.05) is 21.9 Å². The summed E-state index contributed by atoms with van der Waals surface area (Å²) in [4.78, 5) is 14.4. The number of nitrogens with zero attached hydrogens (tertiary/aromatic N) is 1. The maximum atomic E-state index is 13.3. The molecular formula is C21H26N2O3S2. The predicted molar refractivity (Wildman–Crippen MR) is 115 cm³/mol. The highest BCUT2D eigenvalue weighted by molar-refractivity contribution is 7.92. The molecule has 7 heteroatoms. The molecule has 0 spiro atoms. The van der Waals surface area contributed by atoms with Gasteiger partial charge in [0.05, 0.1) is 16.9 Å². The average Bonchev–Trinajstić information content (AvgIpc) is 3.39. The lowest BCUT2D eigenvalue weighted by Crippen LogP contribution is -2.38. The molecule has 1 aliphatic carbocycles. The van der Waals surface area contributed by atoms with Crippen molar-refractivity contribution in [2.24, 2.45) is 0 Å². The Balaban J connectivity index is 1.60. The van der Waals surface area contributed by atoms with Gasteiger partial charge in [-0.15, -0.1) is 11.3 Å². The minimum atomic E-state index is -3.28. The van der Waals surface area contributed by atoms with Gasteiger partial charge in [0.1, 0.15) is 0 Å². The number of nitrogens with one attached hydrogen (secondary N) is 1. The van der Waals surface area contributed by atoms with Crippen LogP contribution < -0.4 is 9.62 Å². The molecule has 28 heavy (non-hydrogen) atoms. The second kappa shape index (κ2) is 7.52. The summed E-state index contributed by atoms with van der Waals surface area (Å²) in [6.45, 7) is 2.19. The van der Waals surface area contributed by atoms with Crippen molar-refractivity contribution in [2.45, 2.75) is 50.9 Å². The number of hydrogen-bond acceptors (Lipinski definition) is 4. The fourth-order valence-corrected chi connectivity index (χ4v) is 6.63. The van der Waals surface area contributed by atoms with Crippen molar-refractivity contribution in [1.82, 2.24) is 0 Å². The van der Waals surface area contributed by atoms with Gasteiger partial charge in [0, 0.05) is 17.1 Å². The van der Waals surface area contributed by atoms with Crippen LogP contribution in [0.1, 0.15) is 49.5 Å². The molecule has 1 saturated carbocycles. The highest BCUT2D eigenvalue weighted by atomic mass is 32.2. The first-order chi connectivity index (χ1) is 13.5. The molecule has 0 unspecified atom stereocenters. The first kappa shape index (κ1) is 19.5. The SMILES string of the molecule is CCS(=O)(=O)N1CCCc2cc(NC(=O)C3(c4cccs4)CCCC3)ccc21. The minimum Gasteiger partial charge on any atom is -0.325 e. The smallest absolute Gasteiger partial charge is 0.235 e. The van der Waals surface area contributed by atoms with E-state index in [1.54, 1.807) is 18.3 Å². The summed E-state index contributed by atoms with van der Waals surface area (Å²) in [5, 5.41) is 5.16. The lowest BCUT2D eigenvalue weighted by molar-refractivity contribution is -0.121. The number of hydrogen-bond donors (Lipinski definition) is 1. The van der Waals surface area contributed by atoms with Gasteiger partial charge in [-0.2, -0.15) is 0 Å². The molecular weight excluding hydrogens is 392 g/mol. The first-order valence-corrected chi connectivity index (χ1v) is 12.4. The average molecular weight is 419 g/mol. The van der Waals surface area contributed by atoms with Gasteiger partial charge < -0.3 is 5.32 Å². The van der Waals surface area contributed by atoms with Crippen molar-refractivity contribution in [3.05, 3.63) is 46.2 Å². The number of aryl methyl sites for hydroxylation is 1. The fourth-order valence-electron chi connectivity index (χ4n) is 4.45. The van der Waals surface area contributed by atoms with Gasteiger partial charge >= 0.3 is 0 Å².